The molecule has 20 heavy (non-hydrogen) atoms. The molecule has 4 nitrogen and oxygen atoms in total. The molecule has 0 aliphatic carbocycles. The minimum absolute atomic E-state index is 0.0766. The summed E-state index contributed by atoms with van der Waals surface area (Å²) in [6.45, 7) is 13.2. The summed E-state index contributed by atoms with van der Waals surface area (Å²) < 4.78 is 23.5. The van der Waals surface area contributed by atoms with Crippen LogP contribution in [-0.2, 0) is 9.84 Å². The van der Waals surface area contributed by atoms with Crippen LogP contribution in [0.25, 0.3) is 0 Å². The van der Waals surface area contributed by atoms with Crippen molar-refractivity contribution < 1.29 is 8.42 Å². The van der Waals surface area contributed by atoms with Crippen molar-refractivity contribution in [3.8, 4) is 0 Å². The van der Waals surface area contributed by atoms with Crippen LogP contribution in [0.15, 0.2) is 0 Å². The number of piperazine rings is 1. The highest BCUT2D eigenvalue weighted by Crippen LogP contribution is 2.25. The van der Waals surface area contributed by atoms with Crippen LogP contribution in [0.1, 0.15) is 47.5 Å². The quantitative estimate of drug-likeness (QED) is 0.780. The summed E-state index contributed by atoms with van der Waals surface area (Å²) in [5.74, 6) is 1.16. The smallest absolute Gasteiger partial charge is 0.151 e. The molecule has 1 rings (SSSR count). The SMILES string of the molecule is CCC(C)C1CN(CCS(=O)(=O)CC)C(C)(CC)CN1. The van der Waals surface area contributed by atoms with Gasteiger partial charge in [-0.1, -0.05) is 34.1 Å². The van der Waals surface area contributed by atoms with Gasteiger partial charge in [0.2, 0.25) is 0 Å². The highest BCUT2D eigenvalue weighted by molar-refractivity contribution is 7.91. The maximum atomic E-state index is 11.8. The van der Waals surface area contributed by atoms with Gasteiger partial charge in [0.25, 0.3) is 0 Å². The van der Waals surface area contributed by atoms with E-state index in [1.165, 1.54) is 0 Å². The summed E-state index contributed by atoms with van der Waals surface area (Å²) >= 11 is 0. The lowest BCUT2D eigenvalue weighted by molar-refractivity contribution is 0.0418. The number of sulfone groups is 1. The molecular weight excluding hydrogens is 272 g/mol. The fourth-order valence-electron chi connectivity index (χ4n) is 2.75. The van der Waals surface area contributed by atoms with Gasteiger partial charge < -0.3 is 5.32 Å². The second-order valence-corrected chi connectivity index (χ2v) is 8.88. The van der Waals surface area contributed by atoms with E-state index < -0.39 is 9.84 Å². The van der Waals surface area contributed by atoms with Gasteiger partial charge in [0.1, 0.15) is 0 Å². The fraction of sp³-hybridized carbons (Fsp3) is 1.00. The van der Waals surface area contributed by atoms with Gasteiger partial charge in [-0.15, -0.1) is 0 Å². The Morgan fingerprint density at radius 3 is 2.50 bits per heavy atom. The van der Waals surface area contributed by atoms with Crippen molar-refractivity contribution in [2.45, 2.75) is 59.0 Å². The van der Waals surface area contributed by atoms with Gasteiger partial charge in [0.15, 0.2) is 9.84 Å². The van der Waals surface area contributed by atoms with Crippen molar-refractivity contribution >= 4 is 9.84 Å². The van der Waals surface area contributed by atoms with Crippen molar-refractivity contribution in [3.05, 3.63) is 0 Å². The Morgan fingerprint density at radius 2 is 2.00 bits per heavy atom. The highest BCUT2D eigenvalue weighted by atomic mass is 32.2. The molecule has 0 bridgehead atoms. The van der Waals surface area contributed by atoms with Crippen LogP contribution < -0.4 is 5.32 Å². The standard InChI is InChI=1S/C15H32N2O2S/c1-6-13(4)14-11-17(9-10-20(18,19)8-3)15(5,7-2)12-16-14/h13-14,16H,6-12H2,1-5H3. The normalized spacial score (nSPS) is 30.4. The van der Waals surface area contributed by atoms with E-state index in [-0.39, 0.29) is 17.0 Å². The van der Waals surface area contributed by atoms with Gasteiger partial charge in [-0.2, -0.15) is 0 Å². The molecule has 3 atom stereocenters. The molecular formula is C15H32N2O2S. The molecule has 3 unspecified atom stereocenters. The average Bonchev–Trinajstić information content (AvgIpc) is 2.45. The number of hydrogen-bond donors (Lipinski definition) is 1. The number of rotatable bonds is 7. The zero-order valence-electron chi connectivity index (χ0n) is 13.8. The first-order valence-corrected chi connectivity index (χ1v) is 9.79. The molecule has 0 aromatic carbocycles. The summed E-state index contributed by atoms with van der Waals surface area (Å²) in [6, 6.07) is 0.476. The van der Waals surface area contributed by atoms with Crippen LogP contribution >= 0.6 is 0 Å². The number of hydrogen-bond acceptors (Lipinski definition) is 4. The Morgan fingerprint density at radius 1 is 1.35 bits per heavy atom. The molecule has 1 saturated heterocycles. The average molecular weight is 305 g/mol. The lowest BCUT2D eigenvalue weighted by Crippen LogP contribution is -2.65. The molecule has 0 amide bonds. The maximum absolute atomic E-state index is 11.8. The van der Waals surface area contributed by atoms with Crippen LogP contribution in [0, 0.1) is 5.92 Å². The van der Waals surface area contributed by atoms with Crippen LogP contribution in [0.4, 0.5) is 0 Å². The second kappa shape index (κ2) is 7.23. The van der Waals surface area contributed by atoms with Gasteiger partial charge >= 0.3 is 0 Å². The number of nitrogens with zero attached hydrogens (tertiary/aromatic N) is 1. The minimum atomic E-state index is -2.88. The van der Waals surface area contributed by atoms with Crippen molar-refractivity contribution in [2.24, 2.45) is 5.92 Å². The summed E-state index contributed by atoms with van der Waals surface area (Å²) in [7, 11) is -2.88. The third-order valence-electron chi connectivity index (χ3n) is 5.13. The van der Waals surface area contributed by atoms with E-state index >= 15 is 0 Å². The molecule has 0 saturated carbocycles. The predicted octanol–water partition coefficient (Wildman–Crippen LogP) is 1.91. The van der Waals surface area contributed by atoms with Crippen molar-refractivity contribution in [1.82, 2.24) is 10.2 Å². The van der Waals surface area contributed by atoms with E-state index in [4.69, 9.17) is 0 Å². The molecule has 1 heterocycles. The topological polar surface area (TPSA) is 49.4 Å². The Labute approximate surface area is 125 Å². The molecule has 1 aliphatic rings. The Hall–Kier alpha value is -0.130. The first-order valence-electron chi connectivity index (χ1n) is 7.96. The molecule has 1 N–H and O–H groups in total. The highest BCUT2D eigenvalue weighted by Gasteiger charge is 2.37. The van der Waals surface area contributed by atoms with Gasteiger partial charge in [0, 0.05) is 37.0 Å². The van der Waals surface area contributed by atoms with Crippen LogP contribution in [0.2, 0.25) is 0 Å². The Kier molecular flexibility index (Phi) is 6.48. The van der Waals surface area contributed by atoms with Crippen LogP contribution in [0.3, 0.4) is 0 Å². The van der Waals surface area contributed by atoms with Crippen molar-refractivity contribution in [2.75, 3.05) is 31.1 Å². The van der Waals surface area contributed by atoms with Crippen LogP contribution in [-0.4, -0.2) is 56.0 Å². The predicted molar refractivity (Wildman–Crippen MR) is 85.8 cm³/mol. The van der Waals surface area contributed by atoms with E-state index in [0.29, 0.717) is 18.5 Å². The minimum Gasteiger partial charge on any atom is -0.311 e. The van der Waals surface area contributed by atoms with E-state index in [0.717, 1.165) is 25.9 Å². The van der Waals surface area contributed by atoms with E-state index in [1.807, 2.05) is 0 Å². The molecule has 1 fully saturated rings. The van der Waals surface area contributed by atoms with Crippen LogP contribution in [0.5, 0.6) is 0 Å². The van der Waals surface area contributed by atoms with E-state index in [2.05, 4.69) is 37.9 Å². The Bertz CT molecular complexity index is 397. The second-order valence-electron chi connectivity index (χ2n) is 6.41. The maximum Gasteiger partial charge on any atom is 0.151 e. The van der Waals surface area contributed by atoms with Crippen molar-refractivity contribution in [3.63, 3.8) is 0 Å². The molecule has 5 heteroatoms. The van der Waals surface area contributed by atoms with Gasteiger partial charge in [-0.25, -0.2) is 8.42 Å². The third-order valence-corrected chi connectivity index (χ3v) is 6.81. The molecule has 0 aromatic heterocycles. The summed E-state index contributed by atoms with van der Waals surface area (Å²) in [5, 5.41) is 3.66. The summed E-state index contributed by atoms with van der Waals surface area (Å²) in [6.07, 6.45) is 2.20. The molecule has 120 valence electrons. The molecule has 0 spiro atoms. The summed E-state index contributed by atoms with van der Waals surface area (Å²) in [5.41, 5.74) is 0.0766. The first kappa shape index (κ1) is 17.9. The van der Waals surface area contributed by atoms with Crippen molar-refractivity contribution in [1.29, 1.82) is 0 Å². The third kappa shape index (κ3) is 4.43. The van der Waals surface area contributed by atoms with E-state index in [9.17, 15) is 8.42 Å². The number of nitrogens with one attached hydrogen (secondary N) is 1. The first-order chi connectivity index (χ1) is 9.28. The molecule has 0 radical (unpaired) electrons. The van der Waals surface area contributed by atoms with Gasteiger partial charge in [-0.05, 0) is 19.3 Å². The van der Waals surface area contributed by atoms with Gasteiger partial charge in [-0.3, -0.25) is 4.90 Å². The van der Waals surface area contributed by atoms with Gasteiger partial charge in [0.05, 0.1) is 5.75 Å². The zero-order valence-corrected chi connectivity index (χ0v) is 14.6. The largest absolute Gasteiger partial charge is 0.311 e. The fourth-order valence-corrected chi connectivity index (χ4v) is 3.54. The monoisotopic (exact) mass is 304 g/mol. The summed E-state index contributed by atoms with van der Waals surface area (Å²) in [4.78, 5) is 2.40. The lowest BCUT2D eigenvalue weighted by Gasteiger charge is -2.49. The zero-order chi connectivity index (χ0) is 15.4. The molecule has 0 aromatic rings. The molecule has 1 aliphatic heterocycles. The lowest BCUT2D eigenvalue weighted by atomic mass is 9.88. The van der Waals surface area contributed by atoms with E-state index in [1.54, 1.807) is 6.92 Å². The Balaban J connectivity index is 2.74.